The Kier molecular flexibility index (Phi) is 3.51. The fraction of sp³-hybridized carbons (Fsp3) is 0.300. The van der Waals surface area contributed by atoms with E-state index in [2.05, 4.69) is 25.9 Å². The van der Waals surface area contributed by atoms with Gasteiger partial charge in [-0.25, -0.2) is 10.8 Å². The number of hydrogen-bond donors (Lipinski definition) is 3. The number of anilines is 2. The molecule has 0 aliphatic rings. The van der Waals surface area contributed by atoms with E-state index < -0.39 is 0 Å². The molecule has 7 nitrogen and oxygen atoms in total. The van der Waals surface area contributed by atoms with Gasteiger partial charge < -0.3 is 15.3 Å². The number of hydrazine groups is 1. The molecule has 0 radical (unpaired) electrons. The van der Waals surface area contributed by atoms with Gasteiger partial charge in [-0.2, -0.15) is 4.98 Å². The fourth-order valence-corrected chi connectivity index (χ4v) is 1.37. The maximum atomic E-state index is 5.27. The average molecular weight is 234 g/mol. The van der Waals surface area contributed by atoms with Crippen molar-refractivity contribution in [2.45, 2.75) is 13.3 Å². The maximum absolute atomic E-state index is 5.27. The average Bonchev–Trinajstić information content (AvgIpc) is 2.75. The van der Waals surface area contributed by atoms with E-state index in [0.717, 1.165) is 5.69 Å². The molecule has 0 aromatic carbocycles. The summed E-state index contributed by atoms with van der Waals surface area (Å²) in [7, 11) is 0. The molecule has 0 fully saturated rings. The lowest BCUT2D eigenvalue weighted by molar-refractivity contribution is 0.377. The van der Waals surface area contributed by atoms with E-state index in [1.165, 1.54) is 0 Å². The summed E-state index contributed by atoms with van der Waals surface area (Å²) < 4.78 is 5.00. The minimum absolute atomic E-state index is 0.614. The number of nitrogens with one attached hydrogen (secondary N) is 2. The number of aryl methyl sites for hydroxylation is 1. The largest absolute Gasteiger partial charge is 0.384 e. The van der Waals surface area contributed by atoms with Gasteiger partial charge in [0.2, 0.25) is 5.89 Å². The predicted octanol–water partition coefficient (Wildman–Crippen LogP) is 0.713. The minimum atomic E-state index is 0.614. The molecule has 0 aliphatic heterocycles. The van der Waals surface area contributed by atoms with Crippen molar-refractivity contribution in [3.05, 3.63) is 30.0 Å². The van der Waals surface area contributed by atoms with Gasteiger partial charge in [-0.15, -0.1) is 0 Å². The van der Waals surface area contributed by atoms with Crippen LogP contribution in [0.3, 0.4) is 0 Å². The standard InChI is InChI=1S/C10H14N6O/c1-7-14-10(17-16-7)3-5-12-8-2-4-13-9(6-8)15-11/h2,4,6H,3,5,11H2,1H3,(H2,12,13,15). The van der Waals surface area contributed by atoms with E-state index in [0.29, 0.717) is 30.5 Å². The summed E-state index contributed by atoms with van der Waals surface area (Å²) >= 11 is 0. The molecule has 4 N–H and O–H groups in total. The molecule has 2 rings (SSSR count). The summed E-state index contributed by atoms with van der Waals surface area (Å²) in [6.07, 6.45) is 2.35. The van der Waals surface area contributed by atoms with Crippen LogP contribution >= 0.6 is 0 Å². The van der Waals surface area contributed by atoms with Crippen LogP contribution in [0.2, 0.25) is 0 Å². The zero-order valence-electron chi connectivity index (χ0n) is 9.47. The summed E-state index contributed by atoms with van der Waals surface area (Å²) in [5, 5.41) is 6.93. The number of rotatable bonds is 5. The Morgan fingerprint density at radius 1 is 1.47 bits per heavy atom. The summed E-state index contributed by atoms with van der Waals surface area (Å²) in [6, 6.07) is 3.68. The molecule has 17 heavy (non-hydrogen) atoms. The molecule has 7 heteroatoms. The van der Waals surface area contributed by atoms with Crippen LogP contribution in [0.4, 0.5) is 11.5 Å². The van der Waals surface area contributed by atoms with Gasteiger partial charge in [-0.05, 0) is 13.0 Å². The van der Waals surface area contributed by atoms with Crippen molar-refractivity contribution in [1.82, 2.24) is 15.1 Å². The van der Waals surface area contributed by atoms with E-state index in [1.54, 1.807) is 13.1 Å². The second-order valence-corrected chi connectivity index (χ2v) is 3.49. The lowest BCUT2D eigenvalue weighted by atomic mass is 10.3. The first-order valence-corrected chi connectivity index (χ1v) is 5.23. The van der Waals surface area contributed by atoms with Crippen LogP contribution in [0.15, 0.2) is 22.9 Å². The Balaban J connectivity index is 1.85. The van der Waals surface area contributed by atoms with Crippen molar-refractivity contribution in [2.24, 2.45) is 5.84 Å². The highest BCUT2D eigenvalue weighted by Crippen LogP contribution is 2.10. The van der Waals surface area contributed by atoms with Crippen molar-refractivity contribution >= 4 is 11.5 Å². The van der Waals surface area contributed by atoms with Crippen molar-refractivity contribution in [1.29, 1.82) is 0 Å². The third-order valence-electron chi connectivity index (χ3n) is 2.15. The Labute approximate surface area is 98.4 Å². The minimum Gasteiger partial charge on any atom is -0.384 e. The van der Waals surface area contributed by atoms with Gasteiger partial charge >= 0.3 is 0 Å². The fourth-order valence-electron chi connectivity index (χ4n) is 1.37. The number of nitrogens with two attached hydrogens (primary N) is 1. The molecule has 0 spiro atoms. The second-order valence-electron chi connectivity index (χ2n) is 3.49. The van der Waals surface area contributed by atoms with Crippen LogP contribution in [-0.2, 0) is 6.42 Å². The molecular formula is C10H14N6O. The van der Waals surface area contributed by atoms with Gasteiger partial charge in [0.05, 0.1) is 0 Å². The molecule has 0 saturated heterocycles. The van der Waals surface area contributed by atoms with Crippen LogP contribution in [0.25, 0.3) is 0 Å². The van der Waals surface area contributed by atoms with Gasteiger partial charge in [0.25, 0.3) is 0 Å². The van der Waals surface area contributed by atoms with E-state index in [4.69, 9.17) is 10.4 Å². The molecular weight excluding hydrogens is 220 g/mol. The lowest BCUT2D eigenvalue weighted by Gasteiger charge is -2.05. The molecule has 2 aromatic rings. The van der Waals surface area contributed by atoms with E-state index in [-0.39, 0.29) is 0 Å². The van der Waals surface area contributed by atoms with Crippen LogP contribution in [0, 0.1) is 6.92 Å². The monoisotopic (exact) mass is 234 g/mol. The molecule has 0 unspecified atom stereocenters. The van der Waals surface area contributed by atoms with Gasteiger partial charge in [-0.3, -0.25) is 0 Å². The normalized spacial score (nSPS) is 10.2. The predicted molar refractivity (Wildman–Crippen MR) is 63.3 cm³/mol. The molecule has 2 heterocycles. The number of nitrogens with zero attached hydrogens (tertiary/aromatic N) is 3. The first-order chi connectivity index (χ1) is 8.28. The molecule has 0 amide bonds. The van der Waals surface area contributed by atoms with Gasteiger partial charge in [0, 0.05) is 30.9 Å². The summed E-state index contributed by atoms with van der Waals surface area (Å²) in [6.45, 7) is 2.50. The van der Waals surface area contributed by atoms with Crippen LogP contribution < -0.4 is 16.6 Å². The van der Waals surface area contributed by atoms with Gasteiger partial charge in [0.1, 0.15) is 5.82 Å². The molecule has 2 aromatic heterocycles. The first kappa shape index (κ1) is 11.3. The maximum Gasteiger partial charge on any atom is 0.228 e. The molecule has 0 aliphatic carbocycles. The zero-order chi connectivity index (χ0) is 12.1. The molecule has 0 bridgehead atoms. The third kappa shape index (κ3) is 3.15. The zero-order valence-corrected chi connectivity index (χ0v) is 9.47. The van der Waals surface area contributed by atoms with Crippen LogP contribution in [-0.4, -0.2) is 21.7 Å². The van der Waals surface area contributed by atoms with E-state index in [9.17, 15) is 0 Å². The Morgan fingerprint density at radius 2 is 2.35 bits per heavy atom. The van der Waals surface area contributed by atoms with E-state index in [1.807, 2.05) is 12.1 Å². The molecule has 0 atom stereocenters. The van der Waals surface area contributed by atoms with Crippen molar-refractivity contribution < 1.29 is 4.52 Å². The second kappa shape index (κ2) is 5.26. The lowest BCUT2D eigenvalue weighted by Crippen LogP contribution is -2.10. The highest BCUT2D eigenvalue weighted by Gasteiger charge is 2.02. The summed E-state index contributed by atoms with van der Waals surface area (Å²) in [5.74, 6) is 7.16. The smallest absolute Gasteiger partial charge is 0.228 e. The van der Waals surface area contributed by atoms with Crippen molar-refractivity contribution in [3.63, 3.8) is 0 Å². The van der Waals surface area contributed by atoms with E-state index >= 15 is 0 Å². The molecule has 0 saturated carbocycles. The van der Waals surface area contributed by atoms with Gasteiger partial charge in [-0.1, -0.05) is 5.16 Å². The van der Waals surface area contributed by atoms with Crippen LogP contribution in [0.5, 0.6) is 0 Å². The Bertz CT molecular complexity index is 483. The quantitative estimate of drug-likeness (QED) is 0.517. The third-order valence-corrected chi connectivity index (χ3v) is 2.15. The number of pyridine rings is 1. The highest BCUT2D eigenvalue weighted by molar-refractivity contribution is 5.51. The Morgan fingerprint density at radius 3 is 3.06 bits per heavy atom. The van der Waals surface area contributed by atoms with Gasteiger partial charge in [0.15, 0.2) is 5.82 Å². The number of nitrogen functional groups attached to an aromatic ring is 1. The van der Waals surface area contributed by atoms with Crippen molar-refractivity contribution in [3.8, 4) is 0 Å². The van der Waals surface area contributed by atoms with Crippen LogP contribution in [0.1, 0.15) is 11.7 Å². The number of hydrogen-bond acceptors (Lipinski definition) is 7. The SMILES string of the molecule is Cc1noc(CCNc2ccnc(NN)c2)n1. The molecule has 90 valence electrons. The Hall–Kier alpha value is -2.15. The van der Waals surface area contributed by atoms with Crippen molar-refractivity contribution in [2.75, 3.05) is 17.3 Å². The number of aromatic nitrogens is 3. The summed E-state index contributed by atoms with van der Waals surface area (Å²) in [4.78, 5) is 8.12. The highest BCUT2D eigenvalue weighted by atomic mass is 16.5. The summed E-state index contributed by atoms with van der Waals surface area (Å²) in [5.41, 5.74) is 3.42. The first-order valence-electron chi connectivity index (χ1n) is 5.23. The topological polar surface area (TPSA) is 102 Å².